The van der Waals surface area contributed by atoms with Crippen LogP contribution in [-0.2, 0) is 0 Å². The molecule has 0 saturated carbocycles. The van der Waals surface area contributed by atoms with E-state index < -0.39 is 0 Å². The molecule has 0 amide bonds. The lowest BCUT2D eigenvalue weighted by Crippen LogP contribution is -1.95. The third-order valence-corrected chi connectivity index (χ3v) is 3.28. The Hall–Kier alpha value is -2.20. The highest BCUT2D eigenvalue weighted by atomic mass is 35.5. The van der Waals surface area contributed by atoms with Crippen molar-refractivity contribution in [2.75, 3.05) is 19.6 Å². The summed E-state index contributed by atoms with van der Waals surface area (Å²) >= 11 is 6.15. The standard InChI is InChI=1S/C16H17ClN2O2/c1-11-6-4-5-7-14(11)19-18-10-12-8-13(17)16(21-3)15(9-12)20-2/h4-10,19H,1-3H3/b18-10-. The van der Waals surface area contributed by atoms with Gasteiger partial charge in [-0.1, -0.05) is 29.8 Å². The second-order valence-electron chi connectivity index (χ2n) is 4.42. The number of ether oxygens (including phenoxy) is 2. The van der Waals surface area contributed by atoms with Crippen LogP contribution >= 0.6 is 11.6 Å². The van der Waals surface area contributed by atoms with Crippen molar-refractivity contribution >= 4 is 23.5 Å². The predicted molar refractivity (Wildman–Crippen MR) is 87.0 cm³/mol. The maximum Gasteiger partial charge on any atom is 0.179 e. The molecular formula is C16H17ClN2O2. The molecule has 21 heavy (non-hydrogen) atoms. The lowest BCUT2D eigenvalue weighted by Gasteiger charge is -2.10. The normalized spacial score (nSPS) is 10.7. The van der Waals surface area contributed by atoms with Crippen LogP contribution in [0.5, 0.6) is 11.5 Å². The van der Waals surface area contributed by atoms with Crippen LogP contribution in [0, 0.1) is 6.92 Å². The van der Waals surface area contributed by atoms with Crippen molar-refractivity contribution in [3.63, 3.8) is 0 Å². The summed E-state index contributed by atoms with van der Waals surface area (Å²) in [4.78, 5) is 0. The van der Waals surface area contributed by atoms with E-state index in [1.54, 1.807) is 26.5 Å². The fourth-order valence-electron chi connectivity index (χ4n) is 1.89. The van der Waals surface area contributed by atoms with Gasteiger partial charge in [0.2, 0.25) is 0 Å². The summed E-state index contributed by atoms with van der Waals surface area (Å²) in [5, 5.41) is 4.70. The molecule has 2 rings (SSSR count). The van der Waals surface area contributed by atoms with Gasteiger partial charge >= 0.3 is 0 Å². The predicted octanol–water partition coefficient (Wildman–Crippen LogP) is 4.11. The Labute approximate surface area is 129 Å². The number of nitrogens with one attached hydrogen (secondary N) is 1. The Balaban J connectivity index is 2.18. The molecule has 5 heteroatoms. The van der Waals surface area contributed by atoms with Crippen molar-refractivity contribution in [3.8, 4) is 11.5 Å². The monoisotopic (exact) mass is 304 g/mol. The lowest BCUT2D eigenvalue weighted by molar-refractivity contribution is 0.355. The highest BCUT2D eigenvalue weighted by molar-refractivity contribution is 6.32. The minimum absolute atomic E-state index is 0.481. The minimum Gasteiger partial charge on any atom is -0.493 e. The quantitative estimate of drug-likeness (QED) is 0.667. The first-order valence-corrected chi connectivity index (χ1v) is 6.79. The van der Waals surface area contributed by atoms with Crippen molar-refractivity contribution < 1.29 is 9.47 Å². The number of hydrogen-bond donors (Lipinski definition) is 1. The summed E-state index contributed by atoms with van der Waals surface area (Å²) in [5.74, 6) is 1.09. The van der Waals surface area contributed by atoms with Gasteiger partial charge in [0.15, 0.2) is 11.5 Å². The average molecular weight is 305 g/mol. The average Bonchev–Trinajstić information content (AvgIpc) is 2.48. The van der Waals surface area contributed by atoms with E-state index in [4.69, 9.17) is 21.1 Å². The van der Waals surface area contributed by atoms with Crippen LogP contribution in [0.4, 0.5) is 5.69 Å². The summed E-state index contributed by atoms with van der Waals surface area (Å²) in [6.45, 7) is 2.02. The number of aryl methyl sites for hydroxylation is 1. The number of nitrogens with zero attached hydrogens (tertiary/aromatic N) is 1. The van der Waals surface area contributed by atoms with Gasteiger partial charge in [0, 0.05) is 0 Å². The van der Waals surface area contributed by atoms with Crippen molar-refractivity contribution in [1.82, 2.24) is 0 Å². The summed E-state index contributed by atoms with van der Waals surface area (Å²) < 4.78 is 10.4. The van der Waals surface area contributed by atoms with Crippen molar-refractivity contribution in [2.45, 2.75) is 6.92 Å². The number of para-hydroxylation sites is 1. The molecule has 0 bridgehead atoms. The first kappa shape index (κ1) is 15.2. The van der Waals surface area contributed by atoms with Gasteiger partial charge in [-0.25, -0.2) is 0 Å². The molecule has 0 radical (unpaired) electrons. The van der Waals surface area contributed by atoms with Crippen molar-refractivity contribution in [1.29, 1.82) is 0 Å². The highest BCUT2D eigenvalue weighted by Gasteiger charge is 2.09. The molecule has 0 heterocycles. The third-order valence-electron chi connectivity index (χ3n) is 3.00. The Bertz CT molecular complexity index is 657. The fourth-order valence-corrected chi connectivity index (χ4v) is 2.18. The molecule has 0 saturated heterocycles. The van der Waals surface area contributed by atoms with E-state index in [2.05, 4.69) is 10.5 Å². The molecule has 0 fully saturated rings. The van der Waals surface area contributed by atoms with Crippen LogP contribution < -0.4 is 14.9 Å². The first-order valence-electron chi connectivity index (χ1n) is 6.42. The van der Waals surface area contributed by atoms with E-state index >= 15 is 0 Å². The van der Waals surface area contributed by atoms with Crippen LogP contribution in [0.1, 0.15) is 11.1 Å². The Morgan fingerprint density at radius 1 is 1.14 bits per heavy atom. The zero-order chi connectivity index (χ0) is 15.2. The summed E-state index contributed by atoms with van der Waals surface area (Å²) in [7, 11) is 3.12. The number of halogens is 1. The molecule has 0 unspecified atom stereocenters. The van der Waals surface area contributed by atoms with Gasteiger partial charge in [-0.3, -0.25) is 5.43 Å². The Morgan fingerprint density at radius 3 is 2.57 bits per heavy atom. The number of anilines is 1. The molecule has 0 aliphatic heterocycles. The molecule has 0 aliphatic rings. The molecular weight excluding hydrogens is 288 g/mol. The molecule has 0 atom stereocenters. The van der Waals surface area contributed by atoms with Gasteiger partial charge in [-0.15, -0.1) is 0 Å². The molecule has 110 valence electrons. The fraction of sp³-hybridized carbons (Fsp3) is 0.188. The van der Waals surface area contributed by atoms with Gasteiger partial charge < -0.3 is 9.47 Å². The highest BCUT2D eigenvalue weighted by Crippen LogP contribution is 2.35. The zero-order valence-corrected chi connectivity index (χ0v) is 12.9. The number of methoxy groups -OCH3 is 2. The van der Waals surface area contributed by atoms with E-state index in [9.17, 15) is 0 Å². The Morgan fingerprint density at radius 2 is 1.90 bits per heavy atom. The molecule has 4 nitrogen and oxygen atoms in total. The smallest absolute Gasteiger partial charge is 0.179 e. The summed E-state index contributed by atoms with van der Waals surface area (Å²) in [6, 6.07) is 11.5. The SMILES string of the molecule is COc1cc(/C=N\Nc2ccccc2C)cc(Cl)c1OC. The molecule has 2 aromatic rings. The third kappa shape index (κ3) is 3.67. The van der Waals surface area contributed by atoms with Crippen LogP contribution in [0.25, 0.3) is 0 Å². The molecule has 1 N–H and O–H groups in total. The van der Waals surface area contributed by atoms with E-state index in [1.807, 2.05) is 37.3 Å². The zero-order valence-electron chi connectivity index (χ0n) is 12.2. The van der Waals surface area contributed by atoms with Crippen LogP contribution in [0.3, 0.4) is 0 Å². The number of rotatable bonds is 5. The van der Waals surface area contributed by atoms with Crippen molar-refractivity contribution in [3.05, 3.63) is 52.5 Å². The lowest BCUT2D eigenvalue weighted by atomic mass is 10.2. The van der Waals surface area contributed by atoms with Gasteiger partial charge in [0.1, 0.15) is 0 Å². The summed E-state index contributed by atoms with van der Waals surface area (Å²) in [5.41, 5.74) is 5.90. The topological polar surface area (TPSA) is 42.8 Å². The van der Waals surface area contributed by atoms with Crippen molar-refractivity contribution in [2.24, 2.45) is 5.10 Å². The van der Waals surface area contributed by atoms with Gasteiger partial charge in [-0.05, 0) is 36.2 Å². The number of hydrazone groups is 1. The first-order chi connectivity index (χ1) is 10.2. The maximum atomic E-state index is 6.15. The molecule has 0 aliphatic carbocycles. The van der Waals surface area contributed by atoms with E-state index in [-0.39, 0.29) is 0 Å². The second-order valence-corrected chi connectivity index (χ2v) is 4.83. The van der Waals surface area contributed by atoms with Crippen LogP contribution in [0.2, 0.25) is 5.02 Å². The van der Waals surface area contributed by atoms with Crippen LogP contribution in [-0.4, -0.2) is 20.4 Å². The van der Waals surface area contributed by atoms with Gasteiger partial charge in [0.05, 0.1) is 31.1 Å². The second kappa shape index (κ2) is 6.99. The van der Waals surface area contributed by atoms with E-state index in [0.717, 1.165) is 16.8 Å². The largest absolute Gasteiger partial charge is 0.493 e. The van der Waals surface area contributed by atoms with E-state index in [1.165, 1.54) is 0 Å². The number of benzene rings is 2. The van der Waals surface area contributed by atoms with Gasteiger partial charge in [-0.2, -0.15) is 5.10 Å². The van der Waals surface area contributed by atoms with Crippen LogP contribution in [0.15, 0.2) is 41.5 Å². The molecule has 2 aromatic carbocycles. The summed E-state index contributed by atoms with van der Waals surface area (Å²) in [6.07, 6.45) is 1.68. The molecule has 0 spiro atoms. The van der Waals surface area contributed by atoms with E-state index in [0.29, 0.717) is 16.5 Å². The molecule has 0 aromatic heterocycles. The van der Waals surface area contributed by atoms with Gasteiger partial charge in [0.25, 0.3) is 0 Å². The minimum atomic E-state index is 0.481. The number of hydrogen-bond acceptors (Lipinski definition) is 4. The maximum absolute atomic E-state index is 6.15. The Kier molecular flexibility index (Phi) is 5.06.